The molecule has 3 fully saturated rings. The first kappa shape index (κ1) is 30.6. The Labute approximate surface area is 225 Å². The van der Waals surface area contributed by atoms with Crippen LogP contribution < -0.4 is 0 Å². The number of hydrogen-bond acceptors (Lipinski definition) is 5. The van der Waals surface area contributed by atoms with Crippen LogP contribution in [-0.4, -0.2) is 55.0 Å². The van der Waals surface area contributed by atoms with Gasteiger partial charge in [-0.2, -0.15) is 0 Å². The van der Waals surface area contributed by atoms with Gasteiger partial charge in [0.25, 0.3) is 0 Å². The van der Waals surface area contributed by atoms with Gasteiger partial charge in [0.05, 0.1) is 29.5 Å². The fraction of sp³-hybridized carbons (Fsp3) is 0.812. The molecule has 3 aliphatic rings. The van der Waals surface area contributed by atoms with E-state index in [1.807, 2.05) is 13.8 Å². The molecule has 0 amide bonds. The van der Waals surface area contributed by atoms with Gasteiger partial charge >= 0.3 is 0 Å². The van der Waals surface area contributed by atoms with Crippen molar-refractivity contribution in [3.63, 3.8) is 0 Å². The molecule has 5 heteroatoms. The first-order valence-corrected chi connectivity index (χ1v) is 14.7. The molecule has 3 rings (SSSR count). The maximum absolute atomic E-state index is 10.6. The quantitative estimate of drug-likeness (QED) is 0.259. The molecule has 37 heavy (non-hydrogen) atoms. The van der Waals surface area contributed by atoms with Gasteiger partial charge in [-0.15, -0.1) is 0 Å². The van der Waals surface area contributed by atoms with E-state index in [2.05, 4.69) is 25.7 Å². The molecule has 5 N–H and O–H groups in total. The van der Waals surface area contributed by atoms with Crippen LogP contribution in [0.3, 0.4) is 0 Å². The summed E-state index contributed by atoms with van der Waals surface area (Å²) in [5.74, 6) is 1.53. The Hall–Kier alpha value is -0.980. The first-order valence-electron chi connectivity index (χ1n) is 14.7. The Balaban J connectivity index is 1.79. The molecule has 0 heterocycles. The molecule has 0 aromatic heterocycles. The van der Waals surface area contributed by atoms with E-state index in [0.29, 0.717) is 37.0 Å². The van der Waals surface area contributed by atoms with E-state index in [9.17, 15) is 25.5 Å². The molecule has 0 bridgehead atoms. The smallest absolute Gasteiger partial charge is 0.0849 e. The van der Waals surface area contributed by atoms with Crippen molar-refractivity contribution in [2.24, 2.45) is 23.2 Å². The van der Waals surface area contributed by atoms with Crippen molar-refractivity contribution < 1.29 is 25.5 Å². The SMILES string of the molecule is C=C1C(=CC=C2CCC[C@]3(C)[C@@H]([C@@H](CCCC(C)(C)O)CC[C@@H](O)C(C)(C)O)CC[C@@H]23)C[C@@H](O)C[C@@H]1O. The Morgan fingerprint density at radius 3 is 2.41 bits per heavy atom. The van der Waals surface area contributed by atoms with Gasteiger partial charge in [0.15, 0.2) is 0 Å². The number of fused-ring (bicyclic) bond motifs is 1. The lowest BCUT2D eigenvalue weighted by atomic mass is 9.60. The molecule has 212 valence electrons. The number of allylic oxidation sites excluding steroid dienone is 3. The highest BCUT2D eigenvalue weighted by molar-refractivity contribution is 5.38. The Morgan fingerprint density at radius 2 is 1.76 bits per heavy atom. The Kier molecular flexibility index (Phi) is 9.94. The average Bonchev–Trinajstić information content (AvgIpc) is 3.13. The molecule has 0 unspecified atom stereocenters. The molecule has 5 nitrogen and oxygen atoms in total. The highest BCUT2D eigenvalue weighted by Crippen LogP contribution is 2.60. The minimum Gasteiger partial charge on any atom is -0.393 e. The van der Waals surface area contributed by atoms with Crippen LogP contribution in [0.4, 0.5) is 0 Å². The molecule has 3 aliphatic carbocycles. The zero-order valence-electron chi connectivity index (χ0n) is 24.0. The van der Waals surface area contributed by atoms with E-state index in [4.69, 9.17) is 0 Å². The van der Waals surface area contributed by atoms with Crippen LogP contribution in [0.5, 0.6) is 0 Å². The van der Waals surface area contributed by atoms with Gasteiger partial charge in [-0.3, -0.25) is 0 Å². The lowest BCUT2D eigenvalue weighted by Gasteiger charge is -2.45. The standard InChI is InChI=1S/C32H54O5/c1-21-24(19-25(33)20-28(21)34)12-11-22-10-8-18-32(6)26(22)14-15-27(32)23(9-7-17-30(2,3)36)13-16-29(35)31(4,5)37/h11-12,23,25-29,33-37H,1,7-10,13-20H2,2-6H3/t23-,25+,26-,27+,28-,29+,32-/m0/s1. The molecule has 0 aliphatic heterocycles. The number of aliphatic hydroxyl groups excluding tert-OH is 3. The van der Waals surface area contributed by atoms with Gasteiger partial charge in [0.1, 0.15) is 0 Å². The predicted octanol–water partition coefficient (Wildman–Crippen LogP) is 5.60. The topological polar surface area (TPSA) is 101 Å². The average molecular weight is 519 g/mol. The second kappa shape index (κ2) is 12.0. The van der Waals surface area contributed by atoms with Crippen molar-refractivity contribution in [3.05, 3.63) is 35.5 Å². The third-order valence-corrected chi connectivity index (χ3v) is 9.86. The maximum atomic E-state index is 10.6. The Morgan fingerprint density at radius 1 is 1.05 bits per heavy atom. The zero-order valence-corrected chi connectivity index (χ0v) is 24.0. The van der Waals surface area contributed by atoms with Crippen LogP contribution in [0.1, 0.15) is 112 Å². The van der Waals surface area contributed by atoms with E-state index in [0.717, 1.165) is 49.7 Å². The van der Waals surface area contributed by atoms with Crippen LogP contribution >= 0.6 is 0 Å². The fourth-order valence-corrected chi connectivity index (χ4v) is 7.59. The van der Waals surface area contributed by atoms with Crippen molar-refractivity contribution in [2.45, 2.75) is 141 Å². The molecular formula is C32H54O5. The summed E-state index contributed by atoms with van der Waals surface area (Å²) in [6, 6.07) is 0. The van der Waals surface area contributed by atoms with Crippen molar-refractivity contribution in [1.29, 1.82) is 0 Å². The first-order chi connectivity index (χ1) is 17.1. The van der Waals surface area contributed by atoms with E-state index in [1.165, 1.54) is 24.8 Å². The highest BCUT2D eigenvalue weighted by atomic mass is 16.3. The van der Waals surface area contributed by atoms with Crippen molar-refractivity contribution in [1.82, 2.24) is 0 Å². The van der Waals surface area contributed by atoms with E-state index >= 15 is 0 Å². The van der Waals surface area contributed by atoms with Crippen LogP contribution in [0, 0.1) is 23.2 Å². The van der Waals surface area contributed by atoms with E-state index in [-0.39, 0.29) is 5.41 Å². The minimum absolute atomic E-state index is 0.199. The molecular weight excluding hydrogens is 464 g/mol. The zero-order chi connectivity index (χ0) is 27.6. The minimum atomic E-state index is -1.10. The number of aliphatic hydroxyl groups is 5. The fourth-order valence-electron chi connectivity index (χ4n) is 7.59. The lowest BCUT2D eigenvalue weighted by Crippen LogP contribution is -2.39. The van der Waals surface area contributed by atoms with Gasteiger partial charge in [-0.05, 0) is 120 Å². The van der Waals surface area contributed by atoms with Gasteiger partial charge < -0.3 is 25.5 Å². The number of hydrogen-bond donors (Lipinski definition) is 5. The molecule has 0 radical (unpaired) electrons. The van der Waals surface area contributed by atoms with Crippen molar-refractivity contribution in [2.75, 3.05) is 0 Å². The second-order valence-electron chi connectivity index (χ2n) is 13.9. The summed E-state index contributed by atoms with van der Waals surface area (Å²) < 4.78 is 0. The summed E-state index contributed by atoms with van der Waals surface area (Å²) >= 11 is 0. The lowest BCUT2D eigenvalue weighted by molar-refractivity contribution is -0.0563. The van der Waals surface area contributed by atoms with E-state index in [1.54, 1.807) is 13.8 Å². The molecule has 0 aromatic carbocycles. The number of rotatable bonds is 10. The van der Waals surface area contributed by atoms with Gasteiger partial charge in [0, 0.05) is 6.42 Å². The summed E-state index contributed by atoms with van der Waals surface area (Å²) in [6.45, 7) is 13.7. The van der Waals surface area contributed by atoms with Gasteiger partial charge in [-0.25, -0.2) is 0 Å². The van der Waals surface area contributed by atoms with Gasteiger partial charge in [-0.1, -0.05) is 44.1 Å². The summed E-state index contributed by atoms with van der Waals surface area (Å²) in [5.41, 5.74) is 1.62. The van der Waals surface area contributed by atoms with Crippen LogP contribution in [0.15, 0.2) is 35.5 Å². The third kappa shape index (κ3) is 7.79. The summed E-state index contributed by atoms with van der Waals surface area (Å²) in [5, 5.41) is 51.5. The summed E-state index contributed by atoms with van der Waals surface area (Å²) in [4.78, 5) is 0. The molecule has 3 saturated carbocycles. The predicted molar refractivity (Wildman–Crippen MR) is 150 cm³/mol. The van der Waals surface area contributed by atoms with Crippen molar-refractivity contribution >= 4 is 0 Å². The molecule has 0 aromatic rings. The highest BCUT2D eigenvalue weighted by Gasteiger charge is 2.51. The molecule has 0 saturated heterocycles. The maximum Gasteiger partial charge on any atom is 0.0849 e. The molecule has 0 spiro atoms. The summed E-state index contributed by atoms with van der Waals surface area (Å²) in [7, 11) is 0. The van der Waals surface area contributed by atoms with Crippen LogP contribution in [-0.2, 0) is 0 Å². The van der Waals surface area contributed by atoms with Gasteiger partial charge in [0.2, 0.25) is 0 Å². The van der Waals surface area contributed by atoms with Crippen molar-refractivity contribution in [3.8, 4) is 0 Å². The third-order valence-electron chi connectivity index (χ3n) is 9.86. The largest absolute Gasteiger partial charge is 0.393 e. The monoisotopic (exact) mass is 518 g/mol. The van der Waals surface area contributed by atoms with E-state index < -0.39 is 29.5 Å². The summed E-state index contributed by atoms with van der Waals surface area (Å²) in [6.07, 6.45) is 13.4. The molecule has 7 atom stereocenters. The van der Waals surface area contributed by atoms with Crippen LogP contribution in [0.2, 0.25) is 0 Å². The van der Waals surface area contributed by atoms with Crippen LogP contribution in [0.25, 0.3) is 0 Å². The normalized spacial score (nSPS) is 35.1. The Bertz CT molecular complexity index is 844. The second-order valence-corrected chi connectivity index (χ2v) is 13.9.